The lowest BCUT2D eigenvalue weighted by atomic mass is 10.2. The molecule has 0 radical (unpaired) electrons. The quantitative estimate of drug-likeness (QED) is 0.561. The highest BCUT2D eigenvalue weighted by molar-refractivity contribution is 6.37. The van der Waals surface area contributed by atoms with E-state index in [0.717, 1.165) is 18.7 Å². The number of allylic oxidation sites excluding steroid dienone is 4. The molecule has 0 aromatic carbocycles. The van der Waals surface area contributed by atoms with Crippen LogP contribution in [-0.2, 0) is 4.79 Å². The lowest BCUT2D eigenvalue weighted by Gasteiger charge is -2.32. The summed E-state index contributed by atoms with van der Waals surface area (Å²) in [7, 11) is 2.05. The number of hydrogen-bond acceptors (Lipinski definition) is 3. The Morgan fingerprint density at radius 2 is 2.00 bits per heavy atom. The van der Waals surface area contributed by atoms with E-state index in [-0.39, 0.29) is 17.8 Å². The number of amides is 1. The molecule has 1 unspecified atom stereocenters. The van der Waals surface area contributed by atoms with Crippen LogP contribution in [0.2, 0.25) is 0 Å². The summed E-state index contributed by atoms with van der Waals surface area (Å²) in [6, 6.07) is -0.167. The molecule has 108 valence electrons. The molecule has 1 aliphatic heterocycles. The van der Waals surface area contributed by atoms with Crippen molar-refractivity contribution >= 4 is 11.7 Å². The lowest BCUT2D eigenvalue weighted by molar-refractivity contribution is -0.125. The zero-order valence-electron chi connectivity index (χ0n) is 12.1. The third-order valence-electron chi connectivity index (χ3n) is 3.52. The molecule has 1 saturated heterocycles. The predicted molar refractivity (Wildman–Crippen MR) is 81.5 cm³/mol. The SMILES string of the molecule is CC1=CC=CC(N=C(N)C(=O)N2CCN(C)CC2)C=C1. The monoisotopic (exact) mass is 274 g/mol. The fourth-order valence-electron chi connectivity index (χ4n) is 2.16. The van der Waals surface area contributed by atoms with E-state index in [9.17, 15) is 4.79 Å². The normalized spacial score (nSPS) is 24.5. The molecule has 2 N–H and O–H groups in total. The van der Waals surface area contributed by atoms with Crippen molar-refractivity contribution in [3.8, 4) is 0 Å². The van der Waals surface area contributed by atoms with E-state index in [2.05, 4.69) is 16.9 Å². The van der Waals surface area contributed by atoms with Crippen LogP contribution in [0.15, 0.2) is 40.9 Å². The minimum Gasteiger partial charge on any atom is -0.379 e. The van der Waals surface area contributed by atoms with E-state index in [0.29, 0.717) is 13.1 Å². The summed E-state index contributed by atoms with van der Waals surface area (Å²) in [5, 5.41) is 0. The Morgan fingerprint density at radius 1 is 1.30 bits per heavy atom. The number of hydrogen-bond donors (Lipinski definition) is 1. The van der Waals surface area contributed by atoms with Crippen molar-refractivity contribution in [3.63, 3.8) is 0 Å². The maximum atomic E-state index is 12.2. The van der Waals surface area contributed by atoms with Gasteiger partial charge >= 0.3 is 0 Å². The zero-order chi connectivity index (χ0) is 14.5. The number of nitrogens with zero attached hydrogens (tertiary/aromatic N) is 3. The van der Waals surface area contributed by atoms with E-state index in [4.69, 9.17) is 5.73 Å². The van der Waals surface area contributed by atoms with Gasteiger partial charge in [-0.25, -0.2) is 0 Å². The first-order valence-corrected chi connectivity index (χ1v) is 6.90. The van der Waals surface area contributed by atoms with Crippen LogP contribution in [0.1, 0.15) is 6.92 Å². The van der Waals surface area contributed by atoms with Crippen LogP contribution in [0, 0.1) is 0 Å². The van der Waals surface area contributed by atoms with Gasteiger partial charge in [0.25, 0.3) is 5.91 Å². The van der Waals surface area contributed by atoms with Crippen molar-refractivity contribution in [2.45, 2.75) is 13.0 Å². The molecule has 5 heteroatoms. The van der Waals surface area contributed by atoms with Crippen molar-refractivity contribution < 1.29 is 4.79 Å². The Morgan fingerprint density at radius 3 is 2.70 bits per heavy atom. The summed E-state index contributed by atoms with van der Waals surface area (Å²) >= 11 is 0. The van der Waals surface area contributed by atoms with Crippen LogP contribution in [0.3, 0.4) is 0 Å². The second kappa shape index (κ2) is 6.52. The van der Waals surface area contributed by atoms with E-state index >= 15 is 0 Å². The van der Waals surface area contributed by atoms with Crippen LogP contribution in [-0.4, -0.2) is 60.8 Å². The molecule has 5 nitrogen and oxygen atoms in total. The second-order valence-electron chi connectivity index (χ2n) is 5.26. The minimum absolute atomic E-state index is 0.0911. The lowest BCUT2D eigenvalue weighted by Crippen LogP contribution is -2.50. The first kappa shape index (κ1) is 14.5. The van der Waals surface area contributed by atoms with Gasteiger partial charge in [0.2, 0.25) is 0 Å². The topological polar surface area (TPSA) is 61.9 Å². The summed E-state index contributed by atoms with van der Waals surface area (Å²) in [5.74, 6) is -0.0674. The molecule has 1 fully saturated rings. The highest BCUT2D eigenvalue weighted by Crippen LogP contribution is 2.07. The molecule has 0 aromatic rings. The molecule has 1 amide bonds. The second-order valence-corrected chi connectivity index (χ2v) is 5.26. The van der Waals surface area contributed by atoms with Crippen molar-refractivity contribution in [2.24, 2.45) is 10.7 Å². The summed E-state index contributed by atoms with van der Waals surface area (Å²) in [6.07, 6.45) is 9.81. The van der Waals surface area contributed by atoms with Gasteiger partial charge in [-0.15, -0.1) is 0 Å². The van der Waals surface area contributed by atoms with Crippen LogP contribution in [0.25, 0.3) is 0 Å². The number of piperazine rings is 1. The molecule has 2 rings (SSSR count). The number of carbonyl (C=O) groups excluding carboxylic acids is 1. The Hall–Kier alpha value is -1.88. The molecule has 1 aliphatic carbocycles. The van der Waals surface area contributed by atoms with Gasteiger partial charge in [0.1, 0.15) is 0 Å². The minimum atomic E-state index is -0.167. The summed E-state index contributed by atoms with van der Waals surface area (Å²) in [6.45, 7) is 5.20. The largest absolute Gasteiger partial charge is 0.379 e. The Kier molecular flexibility index (Phi) is 4.74. The van der Waals surface area contributed by atoms with Gasteiger partial charge in [0, 0.05) is 26.2 Å². The average Bonchev–Trinajstić information content (AvgIpc) is 2.64. The van der Waals surface area contributed by atoms with E-state index < -0.39 is 0 Å². The van der Waals surface area contributed by atoms with E-state index in [1.54, 1.807) is 4.90 Å². The Bertz CT molecular complexity index is 482. The molecular weight excluding hydrogens is 252 g/mol. The molecule has 20 heavy (non-hydrogen) atoms. The molecule has 0 bridgehead atoms. The standard InChI is InChI=1S/C15H22N4O/c1-12-4-3-5-13(7-6-12)17-14(16)15(20)19-10-8-18(2)9-11-19/h3-7,13H,8-11H2,1-2H3,(H2,16,17). The van der Waals surface area contributed by atoms with Gasteiger partial charge in [0.15, 0.2) is 5.84 Å². The van der Waals surface area contributed by atoms with Crippen LogP contribution in [0.4, 0.5) is 0 Å². The molecule has 2 aliphatic rings. The van der Waals surface area contributed by atoms with Gasteiger partial charge in [-0.3, -0.25) is 9.79 Å². The van der Waals surface area contributed by atoms with E-state index in [1.165, 1.54) is 0 Å². The number of likely N-dealkylation sites (N-methyl/N-ethyl adjacent to an activating group) is 1. The van der Waals surface area contributed by atoms with Crippen LogP contribution < -0.4 is 5.73 Å². The highest BCUT2D eigenvalue weighted by atomic mass is 16.2. The molecular formula is C15H22N4O. The fraction of sp³-hybridized carbons (Fsp3) is 0.467. The maximum Gasteiger partial charge on any atom is 0.288 e. The third-order valence-corrected chi connectivity index (χ3v) is 3.52. The molecule has 0 spiro atoms. The van der Waals surface area contributed by atoms with Gasteiger partial charge in [0.05, 0.1) is 6.04 Å². The molecule has 0 saturated carbocycles. The number of amidine groups is 1. The fourth-order valence-corrected chi connectivity index (χ4v) is 2.16. The number of carbonyl (C=O) groups is 1. The van der Waals surface area contributed by atoms with Gasteiger partial charge in [-0.1, -0.05) is 36.0 Å². The number of nitrogens with two attached hydrogens (primary N) is 1. The van der Waals surface area contributed by atoms with Crippen LogP contribution >= 0.6 is 0 Å². The van der Waals surface area contributed by atoms with Gasteiger partial charge in [-0.2, -0.15) is 0 Å². The van der Waals surface area contributed by atoms with Crippen LogP contribution in [0.5, 0.6) is 0 Å². The maximum absolute atomic E-state index is 12.2. The Labute approximate surface area is 120 Å². The summed E-state index contributed by atoms with van der Waals surface area (Å²) in [4.78, 5) is 20.5. The van der Waals surface area contributed by atoms with Gasteiger partial charge in [-0.05, 0) is 14.0 Å². The molecule has 0 aromatic heterocycles. The summed E-state index contributed by atoms with van der Waals surface area (Å²) < 4.78 is 0. The highest BCUT2D eigenvalue weighted by Gasteiger charge is 2.21. The van der Waals surface area contributed by atoms with E-state index in [1.807, 2.05) is 37.3 Å². The average molecular weight is 274 g/mol. The van der Waals surface area contributed by atoms with Gasteiger partial charge < -0.3 is 15.5 Å². The van der Waals surface area contributed by atoms with Crippen molar-refractivity contribution in [1.29, 1.82) is 0 Å². The van der Waals surface area contributed by atoms with Crippen molar-refractivity contribution in [2.75, 3.05) is 33.2 Å². The predicted octanol–water partition coefficient (Wildman–Crippen LogP) is 0.558. The zero-order valence-corrected chi connectivity index (χ0v) is 12.1. The first-order valence-electron chi connectivity index (χ1n) is 6.90. The third kappa shape index (κ3) is 3.81. The van der Waals surface area contributed by atoms with Crippen molar-refractivity contribution in [1.82, 2.24) is 9.80 Å². The number of aliphatic imine (C=N–C) groups is 1. The van der Waals surface area contributed by atoms with Crippen molar-refractivity contribution in [3.05, 3.63) is 36.0 Å². The Balaban J connectivity index is 2.00. The number of rotatable bonds is 1. The first-order chi connectivity index (χ1) is 9.56. The smallest absolute Gasteiger partial charge is 0.288 e. The molecule has 1 atom stereocenters. The molecule has 1 heterocycles. The summed E-state index contributed by atoms with van der Waals surface area (Å²) in [5.41, 5.74) is 7.02.